The monoisotopic (exact) mass is 450 g/mol. The number of rotatable bonds is 6. The number of aromatic nitrogens is 3. The topological polar surface area (TPSA) is 117 Å². The molecule has 32 heavy (non-hydrogen) atoms. The summed E-state index contributed by atoms with van der Waals surface area (Å²) in [6.45, 7) is 4.13. The number of aliphatic hydroxyl groups is 1. The summed E-state index contributed by atoms with van der Waals surface area (Å²) in [7, 11) is 0. The molecule has 0 aliphatic heterocycles. The molecule has 170 valence electrons. The lowest BCUT2D eigenvalue weighted by Crippen LogP contribution is -2.47. The van der Waals surface area contributed by atoms with Crippen LogP contribution in [0.4, 0.5) is 13.2 Å². The number of benzene rings is 1. The molecule has 11 heteroatoms. The van der Waals surface area contributed by atoms with Gasteiger partial charge in [0.25, 0.3) is 5.56 Å². The number of pyridine rings is 1. The Hall–Kier alpha value is -3.47. The van der Waals surface area contributed by atoms with Crippen LogP contribution in [0.1, 0.15) is 45.0 Å². The van der Waals surface area contributed by atoms with Gasteiger partial charge < -0.3 is 15.4 Å². The normalized spacial score (nSPS) is 13.7. The molecule has 2 aromatic heterocycles. The van der Waals surface area contributed by atoms with Crippen LogP contribution in [0.15, 0.2) is 40.1 Å². The third-order valence-electron chi connectivity index (χ3n) is 4.80. The fraction of sp³-hybridized carbons (Fsp3) is 0.333. The average Bonchev–Trinajstić information content (AvgIpc) is 2.66. The summed E-state index contributed by atoms with van der Waals surface area (Å²) in [6, 6.07) is 1.23. The van der Waals surface area contributed by atoms with Crippen molar-refractivity contribution in [1.82, 2.24) is 19.9 Å². The Morgan fingerprint density at radius 2 is 1.91 bits per heavy atom. The van der Waals surface area contributed by atoms with Gasteiger partial charge in [0.15, 0.2) is 0 Å². The molecular formula is C21H21F3N4O4. The van der Waals surface area contributed by atoms with E-state index in [0.29, 0.717) is 10.6 Å². The van der Waals surface area contributed by atoms with Crippen molar-refractivity contribution in [2.24, 2.45) is 0 Å². The molecule has 0 fully saturated rings. The molecular weight excluding hydrogens is 429 g/mol. The van der Waals surface area contributed by atoms with Gasteiger partial charge >= 0.3 is 5.69 Å². The third kappa shape index (κ3) is 4.88. The Balaban J connectivity index is 2.06. The van der Waals surface area contributed by atoms with E-state index in [1.807, 2.05) is 0 Å². The van der Waals surface area contributed by atoms with E-state index in [-0.39, 0.29) is 23.0 Å². The second kappa shape index (κ2) is 8.58. The van der Waals surface area contributed by atoms with E-state index < -0.39 is 52.3 Å². The largest absolute Gasteiger partial charge is 0.390 e. The molecule has 1 amide bonds. The van der Waals surface area contributed by atoms with E-state index in [1.54, 1.807) is 0 Å². The molecule has 0 aliphatic rings. The Bertz CT molecular complexity index is 1300. The highest BCUT2D eigenvalue weighted by atomic mass is 19.1. The fourth-order valence-corrected chi connectivity index (χ4v) is 3.38. The van der Waals surface area contributed by atoms with Crippen molar-refractivity contribution in [3.05, 3.63) is 74.4 Å². The molecule has 8 nitrogen and oxygen atoms in total. The Morgan fingerprint density at radius 3 is 2.53 bits per heavy atom. The standard InChI is InChI=1S/C21H21F3N4O4/c1-10(17-14(24)7-12(23)9-25-17)26-18(29)16(8-21(2,3)32)28-19(30)13-6-11(22)4-5-15(13)27-20(28)31/h4-7,9-10,16,32H,8H2,1-3H3,(H,26,29)(H,27,31)/t10-,16-/m0/s1. The van der Waals surface area contributed by atoms with Crippen LogP contribution >= 0.6 is 0 Å². The first-order valence-corrected chi connectivity index (χ1v) is 9.65. The van der Waals surface area contributed by atoms with E-state index in [4.69, 9.17) is 0 Å². The lowest BCUT2D eigenvalue weighted by molar-refractivity contribution is -0.127. The highest BCUT2D eigenvalue weighted by Crippen LogP contribution is 2.22. The Morgan fingerprint density at radius 1 is 1.22 bits per heavy atom. The smallest absolute Gasteiger partial charge is 0.329 e. The first-order valence-electron chi connectivity index (χ1n) is 9.65. The van der Waals surface area contributed by atoms with Gasteiger partial charge in [-0.3, -0.25) is 14.6 Å². The lowest BCUT2D eigenvalue weighted by atomic mass is 9.97. The number of halogens is 3. The summed E-state index contributed by atoms with van der Waals surface area (Å²) in [5, 5.41) is 12.5. The summed E-state index contributed by atoms with van der Waals surface area (Å²) < 4.78 is 41.4. The number of hydrogen-bond donors (Lipinski definition) is 3. The molecule has 2 atom stereocenters. The second-order valence-electron chi connectivity index (χ2n) is 8.08. The van der Waals surface area contributed by atoms with Crippen molar-refractivity contribution in [2.45, 2.75) is 44.9 Å². The summed E-state index contributed by atoms with van der Waals surface area (Å²) >= 11 is 0. The van der Waals surface area contributed by atoms with Gasteiger partial charge in [-0.2, -0.15) is 0 Å². The SMILES string of the molecule is C[C@H](NC(=O)[C@H](CC(C)(C)O)n1c(=O)[nH]c2ccc(F)cc2c1=O)c1ncc(F)cc1F. The van der Waals surface area contributed by atoms with Crippen LogP contribution in [0.2, 0.25) is 0 Å². The van der Waals surface area contributed by atoms with Gasteiger partial charge in [0.1, 0.15) is 23.5 Å². The van der Waals surface area contributed by atoms with Crippen molar-refractivity contribution in [1.29, 1.82) is 0 Å². The van der Waals surface area contributed by atoms with Crippen molar-refractivity contribution >= 4 is 16.8 Å². The molecule has 0 saturated heterocycles. The molecule has 2 heterocycles. The van der Waals surface area contributed by atoms with Gasteiger partial charge in [-0.1, -0.05) is 0 Å². The molecule has 0 aliphatic carbocycles. The fourth-order valence-electron chi connectivity index (χ4n) is 3.38. The third-order valence-corrected chi connectivity index (χ3v) is 4.80. The molecule has 1 aromatic carbocycles. The molecule has 0 unspecified atom stereocenters. The number of nitrogens with zero attached hydrogens (tertiary/aromatic N) is 2. The molecule has 3 N–H and O–H groups in total. The summed E-state index contributed by atoms with van der Waals surface area (Å²) in [6.07, 6.45) is 0.414. The number of amides is 1. The van der Waals surface area contributed by atoms with E-state index in [9.17, 15) is 32.7 Å². The molecule has 0 saturated carbocycles. The van der Waals surface area contributed by atoms with Crippen molar-refractivity contribution < 1.29 is 23.1 Å². The summed E-state index contributed by atoms with van der Waals surface area (Å²) in [4.78, 5) is 44.7. The van der Waals surface area contributed by atoms with Crippen LogP contribution < -0.4 is 16.6 Å². The van der Waals surface area contributed by atoms with Crippen molar-refractivity contribution in [2.75, 3.05) is 0 Å². The second-order valence-corrected chi connectivity index (χ2v) is 8.08. The van der Waals surface area contributed by atoms with Gasteiger partial charge in [-0.05, 0) is 39.0 Å². The molecule has 0 bridgehead atoms. The minimum atomic E-state index is -1.52. The Labute approximate surface area is 179 Å². The van der Waals surface area contributed by atoms with Crippen molar-refractivity contribution in [3.63, 3.8) is 0 Å². The predicted molar refractivity (Wildman–Crippen MR) is 109 cm³/mol. The number of carbonyl (C=O) groups excluding carboxylic acids is 1. The zero-order valence-electron chi connectivity index (χ0n) is 17.4. The van der Waals surface area contributed by atoms with Crippen LogP contribution in [0.5, 0.6) is 0 Å². The maximum absolute atomic E-state index is 14.0. The van der Waals surface area contributed by atoms with E-state index in [0.717, 1.165) is 18.3 Å². The molecule has 3 aromatic rings. The number of fused-ring (bicyclic) bond motifs is 1. The summed E-state index contributed by atoms with van der Waals surface area (Å²) in [5.74, 6) is -3.50. The van der Waals surface area contributed by atoms with Crippen LogP contribution in [0, 0.1) is 17.5 Å². The average molecular weight is 450 g/mol. The zero-order chi connectivity index (χ0) is 23.8. The van der Waals surface area contributed by atoms with Gasteiger partial charge in [0.05, 0.1) is 34.4 Å². The first-order chi connectivity index (χ1) is 14.9. The van der Waals surface area contributed by atoms with Crippen LogP contribution in [0.3, 0.4) is 0 Å². The van der Waals surface area contributed by atoms with Gasteiger partial charge in [0.2, 0.25) is 5.91 Å². The first kappa shape index (κ1) is 23.2. The number of aromatic amines is 1. The van der Waals surface area contributed by atoms with Crippen LogP contribution in [0.25, 0.3) is 10.9 Å². The summed E-state index contributed by atoms with van der Waals surface area (Å²) in [5.41, 5.74) is -3.56. The minimum absolute atomic E-state index is 0.0750. The molecule has 0 radical (unpaired) electrons. The Kier molecular flexibility index (Phi) is 6.22. The quantitative estimate of drug-likeness (QED) is 0.532. The van der Waals surface area contributed by atoms with E-state index >= 15 is 0 Å². The van der Waals surface area contributed by atoms with E-state index in [1.165, 1.54) is 26.8 Å². The minimum Gasteiger partial charge on any atom is -0.390 e. The lowest BCUT2D eigenvalue weighted by Gasteiger charge is -2.26. The van der Waals surface area contributed by atoms with Gasteiger partial charge in [0, 0.05) is 12.5 Å². The van der Waals surface area contributed by atoms with Crippen LogP contribution in [-0.2, 0) is 4.79 Å². The van der Waals surface area contributed by atoms with Crippen molar-refractivity contribution in [3.8, 4) is 0 Å². The van der Waals surface area contributed by atoms with Gasteiger partial charge in [-0.25, -0.2) is 22.5 Å². The van der Waals surface area contributed by atoms with Crippen LogP contribution in [-0.4, -0.2) is 31.1 Å². The maximum atomic E-state index is 14.0. The molecule has 0 spiro atoms. The highest BCUT2D eigenvalue weighted by Gasteiger charge is 2.32. The zero-order valence-corrected chi connectivity index (χ0v) is 17.4. The predicted octanol–water partition coefficient (Wildman–Crippen LogP) is 2.08. The van der Waals surface area contributed by atoms with E-state index in [2.05, 4.69) is 15.3 Å². The number of H-pyrrole nitrogens is 1. The molecule has 3 rings (SSSR count). The number of carbonyl (C=O) groups is 1. The van der Waals surface area contributed by atoms with Gasteiger partial charge in [-0.15, -0.1) is 0 Å². The highest BCUT2D eigenvalue weighted by molar-refractivity contribution is 5.82. The maximum Gasteiger partial charge on any atom is 0.329 e. The number of nitrogens with one attached hydrogen (secondary N) is 2. The number of hydrogen-bond acceptors (Lipinski definition) is 5.